The molecule has 0 radical (unpaired) electrons. The van der Waals surface area contributed by atoms with Crippen LogP contribution in [0.5, 0.6) is 0 Å². The molecule has 2 aliphatic carbocycles. The lowest BCUT2D eigenvalue weighted by Crippen LogP contribution is -2.41. The molecule has 0 saturated heterocycles. The Bertz CT molecular complexity index is 332. The summed E-state index contributed by atoms with van der Waals surface area (Å²) in [6, 6.07) is -0.269. The molecule has 0 aromatic rings. The summed E-state index contributed by atoms with van der Waals surface area (Å²) in [7, 11) is 0. The van der Waals surface area contributed by atoms with E-state index in [1.165, 1.54) is 0 Å². The van der Waals surface area contributed by atoms with Crippen LogP contribution in [0, 0.1) is 11.8 Å². The van der Waals surface area contributed by atoms with Gasteiger partial charge in [-0.2, -0.15) is 0 Å². The summed E-state index contributed by atoms with van der Waals surface area (Å²) >= 11 is 11.5. The van der Waals surface area contributed by atoms with Gasteiger partial charge in [-0.1, -0.05) is 6.42 Å². The van der Waals surface area contributed by atoms with Gasteiger partial charge in [0.2, 0.25) is 5.91 Å². The predicted molar refractivity (Wildman–Crippen MR) is 59.5 cm³/mol. The fourth-order valence-electron chi connectivity index (χ4n) is 2.21. The molecule has 2 aliphatic rings. The zero-order valence-corrected chi connectivity index (χ0v) is 10.1. The Morgan fingerprint density at radius 1 is 1.31 bits per heavy atom. The van der Waals surface area contributed by atoms with Crippen molar-refractivity contribution >= 4 is 35.1 Å². The molecule has 0 heterocycles. The van der Waals surface area contributed by atoms with E-state index in [2.05, 4.69) is 5.32 Å². The molecule has 0 bridgehead atoms. The number of carbonyl (C=O) groups is 2. The Morgan fingerprint density at radius 3 is 2.44 bits per heavy atom. The first-order valence-corrected chi connectivity index (χ1v) is 6.08. The van der Waals surface area contributed by atoms with Crippen molar-refractivity contribution in [3.63, 3.8) is 0 Å². The molecular weight excluding hydrogens is 253 g/mol. The van der Waals surface area contributed by atoms with Gasteiger partial charge in [0.1, 0.15) is 4.33 Å². The zero-order valence-electron chi connectivity index (χ0n) is 8.58. The molecule has 2 fully saturated rings. The number of carbonyl (C=O) groups excluding carboxylic acids is 1. The normalized spacial score (nSPS) is 35.8. The Hall–Kier alpha value is -0.480. The molecule has 2 saturated carbocycles. The van der Waals surface area contributed by atoms with Crippen LogP contribution in [0.1, 0.15) is 25.7 Å². The lowest BCUT2D eigenvalue weighted by molar-refractivity contribution is -0.142. The molecule has 0 spiro atoms. The molecular formula is C10H13Cl2NO3. The van der Waals surface area contributed by atoms with Crippen molar-refractivity contribution < 1.29 is 14.7 Å². The lowest BCUT2D eigenvalue weighted by atomic mass is 10.0. The topological polar surface area (TPSA) is 66.4 Å². The van der Waals surface area contributed by atoms with Gasteiger partial charge in [-0.05, 0) is 19.3 Å². The van der Waals surface area contributed by atoms with Crippen molar-refractivity contribution in [2.45, 2.75) is 36.1 Å². The van der Waals surface area contributed by atoms with Crippen LogP contribution in [0.4, 0.5) is 0 Å². The van der Waals surface area contributed by atoms with Gasteiger partial charge in [-0.25, -0.2) is 0 Å². The van der Waals surface area contributed by atoms with E-state index in [0.29, 0.717) is 19.3 Å². The fourth-order valence-corrected chi connectivity index (χ4v) is 2.72. The maximum Gasteiger partial charge on any atom is 0.308 e. The molecule has 3 unspecified atom stereocenters. The lowest BCUT2D eigenvalue weighted by Gasteiger charge is -2.17. The average Bonchev–Trinajstić information content (AvgIpc) is 2.61. The number of hydrogen-bond donors (Lipinski definition) is 2. The summed E-state index contributed by atoms with van der Waals surface area (Å²) in [5.41, 5.74) is 0. The summed E-state index contributed by atoms with van der Waals surface area (Å²) in [5.74, 6) is -1.92. The number of alkyl halides is 2. The molecule has 1 amide bonds. The van der Waals surface area contributed by atoms with E-state index in [1.54, 1.807) is 0 Å². The largest absolute Gasteiger partial charge is 0.481 e. The van der Waals surface area contributed by atoms with Gasteiger partial charge >= 0.3 is 5.97 Å². The number of nitrogens with one attached hydrogen (secondary N) is 1. The van der Waals surface area contributed by atoms with E-state index in [0.717, 1.165) is 6.42 Å². The third-order valence-corrected chi connectivity index (χ3v) is 4.14. The van der Waals surface area contributed by atoms with E-state index in [1.807, 2.05) is 0 Å². The second-order valence-electron chi connectivity index (χ2n) is 4.51. The van der Waals surface area contributed by atoms with E-state index in [9.17, 15) is 9.59 Å². The molecule has 6 heteroatoms. The SMILES string of the molecule is O=C(O)C1CCCC1NC(=O)C1CC1(Cl)Cl. The second-order valence-corrected chi connectivity index (χ2v) is 6.05. The van der Waals surface area contributed by atoms with E-state index in [-0.39, 0.29) is 17.9 Å². The van der Waals surface area contributed by atoms with Gasteiger partial charge < -0.3 is 10.4 Å². The summed E-state index contributed by atoms with van der Waals surface area (Å²) in [6.07, 6.45) is 2.62. The minimum atomic E-state index is -0.943. The second kappa shape index (κ2) is 4.08. The Kier molecular flexibility index (Phi) is 3.05. The molecule has 90 valence electrons. The quantitative estimate of drug-likeness (QED) is 0.761. The third-order valence-electron chi connectivity index (χ3n) is 3.30. The smallest absolute Gasteiger partial charge is 0.308 e. The maximum absolute atomic E-state index is 11.7. The van der Waals surface area contributed by atoms with Crippen LogP contribution in [-0.4, -0.2) is 27.4 Å². The van der Waals surface area contributed by atoms with E-state index in [4.69, 9.17) is 28.3 Å². The molecule has 2 N–H and O–H groups in total. The Labute approximate surface area is 103 Å². The first kappa shape index (κ1) is 12.0. The Morgan fingerprint density at radius 2 is 1.94 bits per heavy atom. The summed E-state index contributed by atoms with van der Waals surface area (Å²) in [6.45, 7) is 0. The monoisotopic (exact) mass is 265 g/mol. The van der Waals surface area contributed by atoms with Crippen LogP contribution >= 0.6 is 23.2 Å². The summed E-state index contributed by atoms with van der Waals surface area (Å²) in [4.78, 5) is 22.6. The minimum absolute atomic E-state index is 0.219. The Balaban J connectivity index is 1.90. The number of amides is 1. The highest BCUT2D eigenvalue weighted by molar-refractivity contribution is 6.52. The number of hydrogen-bond acceptors (Lipinski definition) is 2. The van der Waals surface area contributed by atoms with Gasteiger partial charge in [0.25, 0.3) is 0 Å². The summed E-state index contributed by atoms with van der Waals surface area (Å²) in [5, 5.41) is 11.7. The van der Waals surface area contributed by atoms with Crippen molar-refractivity contribution in [2.24, 2.45) is 11.8 Å². The van der Waals surface area contributed by atoms with Gasteiger partial charge in [0.15, 0.2) is 0 Å². The molecule has 16 heavy (non-hydrogen) atoms. The van der Waals surface area contributed by atoms with E-state index < -0.39 is 16.2 Å². The van der Waals surface area contributed by atoms with Gasteiger partial charge in [-0.3, -0.25) is 9.59 Å². The van der Waals surface area contributed by atoms with Crippen molar-refractivity contribution in [2.75, 3.05) is 0 Å². The molecule has 4 nitrogen and oxygen atoms in total. The molecule has 0 aromatic heterocycles. The summed E-state index contributed by atoms with van der Waals surface area (Å²) < 4.78 is -0.943. The first-order valence-electron chi connectivity index (χ1n) is 5.33. The highest BCUT2D eigenvalue weighted by Crippen LogP contribution is 2.53. The van der Waals surface area contributed by atoms with Crippen LogP contribution < -0.4 is 5.32 Å². The number of aliphatic carboxylic acids is 1. The van der Waals surface area contributed by atoms with Gasteiger partial charge in [0, 0.05) is 6.04 Å². The first-order chi connectivity index (χ1) is 7.42. The van der Waals surface area contributed by atoms with Gasteiger partial charge in [0.05, 0.1) is 11.8 Å². The molecule has 2 rings (SSSR count). The third kappa shape index (κ3) is 2.28. The van der Waals surface area contributed by atoms with Crippen LogP contribution in [0.3, 0.4) is 0 Å². The van der Waals surface area contributed by atoms with Crippen LogP contribution in [0.25, 0.3) is 0 Å². The van der Waals surface area contributed by atoms with Crippen molar-refractivity contribution in [3.8, 4) is 0 Å². The highest BCUT2D eigenvalue weighted by Gasteiger charge is 2.56. The van der Waals surface area contributed by atoms with E-state index >= 15 is 0 Å². The zero-order chi connectivity index (χ0) is 11.9. The average molecular weight is 266 g/mol. The number of carboxylic acids is 1. The van der Waals surface area contributed by atoms with Crippen LogP contribution in [0.15, 0.2) is 0 Å². The van der Waals surface area contributed by atoms with Crippen molar-refractivity contribution in [1.29, 1.82) is 0 Å². The number of carboxylic acid groups (broad SMARTS) is 1. The fraction of sp³-hybridized carbons (Fsp3) is 0.800. The highest BCUT2D eigenvalue weighted by atomic mass is 35.5. The standard InChI is InChI=1S/C10H13Cl2NO3/c11-10(12)4-6(10)8(14)13-7-3-1-2-5(7)9(15)16/h5-7H,1-4H2,(H,13,14)(H,15,16). The maximum atomic E-state index is 11.7. The van der Waals surface area contributed by atoms with Crippen LogP contribution in [-0.2, 0) is 9.59 Å². The van der Waals surface area contributed by atoms with Crippen molar-refractivity contribution in [1.82, 2.24) is 5.32 Å². The van der Waals surface area contributed by atoms with Crippen molar-refractivity contribution in [3.05, 3.63) is 0 Å². The predicted octanol–water partition coefficient (Wildman–Crippen LogP) is 1.55. The van der Waals surface area contributed by atoms with Crippen LogP contribution in [0.2, 0.25) is 0 Å². The van der Waals surface area contributed by atoms with Gasteiger partial charge in [-0.15, -0.1) is 23.2 Å². The number of halogens is 2. The molecule has 0 aromatic carbocycles. The number of rotatable bonds is 3. The molecule has 0 aliphatic heterocycles. The minimum Gasteiger partial charge on any atom is -0.481 e. The molecule has 3 atom stereocenters.